The van der Waals surface area contributed by atoms with Crippen molar-refractivity contribution in [3.8, 4) is 28.3 Å². The van der Waals surface area contributed by atoms with Gasteiger partial charge in [-0.15, -0.1) is 0 Å². The minimum atomic E-state index is -0.676. The van der Waals surface area contributed by atoms with Crippen LogP contribution in [0.3, 0.4) is 0 Å². The van der Waals surface area contributed by atoms with Gasteiger partial charge in [-0.25, -0.2) is 8.78 Å². The van der Waals surface area contributed by atoms with Crippen molar-refractivity contribution in [1.29, 1.82) is 5.26 Å². The van der Waals surface area contributed by atoms with Gasteiger partial charge in [0, 0.05) is 37.4 Å². The molecule has 4 rings (SSSR count). The van der Waals surface area contributed by atoms with Crippen molar-refractivity contribution in [2.45, 2.75) is 25.3 Å². The molecule has 0 saturated carbocycles. The summed E-state index contributed by atoms with van der Waals surface area (Å²) in [4.78, 5) is 14.9. The number of halogens is 2. The van der Waals surface area contributed by atoms with Crippen molar-refractivity contribution in [2.75, 3.05) is 26.8 Å². The third-order valence-electron chi connectivity index (χ3n) is 6.33. The van der Waals surface area contributed by atoms with Crippen LogP contribution in [0.15, 0.2) is 54.6 Å². The third kappa shape index (κ3) is 5.40. The standard InChI is InChI=1S/C28H27F2N3O2/c1-35-12-10-18-4-8-24(27(30)13-18)23-9-7-20(28(34)33-11-2-3-22(32)17-33)14-25(23)19-5-6-21(16-31)26(29)15-19/h4-9,13-15,22H,2-3,10-12,17,32H2,1H3/t22-/m1/s1. The van der Waals surface area contributed by atoms with E-state index in [-0.39, 0.29) is 17.5 Å². The van der Waals surface area contributed by atoms with Gasteiger partial charge in [-0.3, -0.25) is 4.79 Å². The monoisotopic (exact) mass is 475 g/mol. The van der Waals surface area contributed by atoms with Crippen LogP contribution in [0.2, 0.25) is 0 Å². The Balaban J connectivity index is 1.80. The van der Waals surface area contributed by atoms with Crippen molar-refractivity contribution in [2.24, 2.45) is 5.73 Å². The van der Waals surface area contributed by atoms with Gasteiger partial charge in [-0.2, -0.15) is 5.26 Å². The van der Waals surface area contributed by atoms with E-state index in [1.165, 1.54) is 18.2 Å². The van der Waals surface area contributed by atoms with Crippen LogP contribution in [0.5, 0.6) is 0 Å². The molecule has 1 aliphatic rings. The summed E-state index contributed by atoms with van der Waals surface area (Å²) in [6.45, 7) is 1.57. The number of benzene rings is 3. The highest BCUT2D eigenvalue weighted by Gasteiger charge is 2.24. The highest BCUT2D eigenvalue weighted by atomic mass is 19.1. The topological polar surface area (TPSA) is 79.3 Å². The second kappa shape index (κ2) is 10.8. The summed E-state index contributed by atoms with van der Waals surface area (Å²) in [5.41, 5.74) is 9.00. The lowest BCUT2D eigenvalue weighted by Gasteiger charge is -2.31. The van der Waals surface area contributed by atoms with Crippen LogP contribution in [-0.4, -0.2) is 43.7 Å². The number of nitrogens with zero attached hydrogens (tertiary/aromatic N) is 2. The molecule has 5 nitrogen and oxygen atoms in total. The molecule has 180 valence electrons. The molecule has 0 bridgehead atoms. The minimum Gasteiger partial charge on any atom is -0.384 e. The molecule has 0 radical (unpaired) electrons. The van der Waals surface area contributed by atoms with Gasteiger partial charge >= 0.3 is 0 Å². The second-order valence-electron chi connectivity index (χ2n) is 8.78. The van der Waals surface area contributed by atoms with E-state index in [0.29, 0.717) is 53.9 Å². The number of hydrogen-bond acceptors (Lipinski definition) is 4. The Bertz CT molecular complexity index is 1290. The Hall–Kier alpha value is -3.60. The number of methoxy groups -OCH3 is 1. The van der Waals surface area contributed by atoms with Crippen molar-refractivity contribution >= 4 is 5.91 Å². The molecule has 1 atom stereocenters. The Morgan fingerprint density at radius 2 is 1.89 bits per heavy atom. The van der Waals surface area contributed by atoms with Gasteiger partial charge in [0.25, 0.3) is 5.91 Å². The number of piperidine rings is 1. The van der Waals surface area contributed by atoms with Crippen LogP contribution < -0.4 is 5.73 Å². The van der Waals surface area contributed by atoms with Crippen LogP contribution in [0.1, 0.15) is 34.3 Å². The van der Waals surface area contributed by atoms with Gasteiger partial charge in [0.1, 0.15) is 17.7 Å². The van der Waals surface area contributed by atoms with Crippen LogP contribution in [0.25, 0.3) is 22.3 Å². The van der Waals surface area contributed by atoms with Crippen LogP contribution in [0, 0.1) is 23.0 Å². The molecule has 0 aliphatic carbocycles. The largest absolute Gasteiger partial charge is 0.384 e. The predicted molar refractivity (Wildman–Crippen MR) is 131 cm³/mol. The third-order valence-corrected chi connectivity index (χ3v) is 6.33. The molecule has 2 N–H and O–H groups in total. The normalized spacial score (nSPS) is 15.6. The predicted octanol–water partition coefficient (Wildman–Crippen LogP) is 4.92. The zero-order valence-corrected chi connectivity index (χ0v) is 19.6. The van der Waals surface area contributed by atoms with E-state index in [1.54, 1.807) is 42.3 Å². The summed E-state index contributed by atoms with van der Waals surface area (Å²) < 4.78 is 34.8. The summed E-state index contributed by atoms with van der Waals surface area (Å²) in [5.74, 6) is -1.27. The van der Waals surface area contributed by atoms with Crippen molar-refractivity contribution in [1.82, 2.24) is 4.90 Å². The molecule has 35 heavy (non-hydrogen) atoms. The highest BCUT2D eigenvalue weighted by Crippen LogP contribution is 2.36. The molecule has 1 amide bonds. The number of nitrogens with two attached hydrogens (primary N) is 1. The SMILES string of the molecule is COCCc1ccc(-c2ccc(C(=O)N3CCC[C@@H](N)C3)cc2-c2ccc(C#N)c(F)c2)c(F)c1. The second-order valence-corrected chi connectivity index (χ2v) is 8.78. The average molecular weight is 476 g/mol. The fraction of sp³-hybridized carbons (Fsp3) is 0.286. The molecule has 0 aromatic heterocycles. The molecule has 0 unspecified atom stereocenters. The Morgan fingerprint density at radius 1 is 1.09 bits per heavy atom. The van der Waals surface area contributed by atoms with Gasteiger partial charge < -0.3 is 15.4 Å². The average Bonchev–Trinajstić information content (AvgIpc) is 2.87. The summed E-state index contributed by atoms with van der Waals surface area (Å²) in [7, 11) is 1.59. The molecule has 1 saturated heterocycles. The van der Waals surface area contributed by atoms with Gasteiger partial charge in [-0.05, 0) is 71.8 Å². The number of hydrogen-bond donors (Lipinski definition) is 1. The van der Waals surface area contributed by atoms with Gasteiger partial charge in [0.15, 0.2) is 0 Å². The molecule has 0 spiro atoms. The first-order chi connectivity index (χ1) is 16.9. The summed E-state index contributed by atoms with van der Waals surface area (Å²) in [6.07, 6.45) is 2.28. The maximum Gasteiger partial charge on any atom is 0.253 e. The molecule has 1 fully saturated rings. The fourth-order valence-corrected chi connectivity index (χ4v) is 4.45. The lowest BCUT2D eigenvalue weighted by atomic mass is 9.91. The first-order valence-electron chi connectivity index (χ1n) is 11.6. The van der Waals surface area contributed by atoms with E-state index in [2.05, 4.69) is 0 Å². The van der Waals surface area contributed by atoms with E-state index >= 15 is 4.39 Å². The maximum atomic E-state index is 15.2. The van der Waals surface area contributed by atoms with Crippen LogP contribution >= 0.6 is 0 Å². The summed E-state index contributed by atoms with van der Waals surface area (Å²) >= 11 is 0. The molecule has 7 heteroatoms. The smallest absolute Gasteiger partial charge is 0.253 e. The first kappa shape index (κ1) is 24.5. The Labute approximate surface area is 203 Å². The molecular weight excluding hydrogens is 448 g/mol. The molecule has 3 aromatic carbocycles. The van der Waals surface area contributed by atoms with Crippen molar-refractivity contribution in [3.63, 3.8) is 0 Å². The lowest BCUT2D eigenvalue weighted by molar-refractivity contribution is 0.0709. The first-order valence-corrected chi connectivity index (χ1v) is 11.6. The number of carbonyl (C=O) groups is 1. The molecule has 3 aromatic rings. The number of nitriles is 1. The molecular formula is C28H27F2N3O2. The fourth-order valence-electron chi connectivity index (χ4n) is 4.45. The summed E-state index contributed by atoms with van der Waals surface area (Å²) in [5, 5.41) is 9.11. The zero-order valence-electron chi connectivity index (χ0n) is 19.6. The number of rotatable bonds is 6. The van der Waals surface area contributed by atoms with E-state index < -0.39 is 11.6 Å². The molecule has 1 heterocycles. The number of ether oxygens (including phenoxy) is 1. The van der Waals surface area contributed by atoms with Gasteiger partial charge in [-0.1, -0.05) is 24.3 Å². The van der Waals surface area contributed by atoms with Crippen LogP contribution in [0.4, 0.5) is 8.78 Å². The van der Waals surface area contributed by atoms with Crippen molar-refractivity contribution < 1.29 is 18.3 Å². The van der Waals surface area contributed by atoms with Crippen LogP contribution in [-0.2, 0) is 11.2 Å². The zero-order chi connectivity index (χ0) is 24.9. The molecule has 1 aliphatic heterocycles. The van der Waals surface area contributed by atoms with Crippen molar-refractivity contribution in [3.05, 3.63) is 82.9 Å². The van der Waals surface area contributed by atoms with Gasteiger partial charge in [0.2, 0.25) is 0 Å². The number of amides is 1. The van der Waals surface area contributed by atoms with E-state index in [1.807, 2.05) is 12.1 Å². The number of carbonyl (C=O) groups excluding carboxylic acids is 1. The quantitative estimate of drug-likeness (QED) is 0.549. The Morgan fingerprint density at radius 3 is 2.57 bits per heavy atom. The van der Waals surface area contributed by atoms with E-state index in [4.69, 9.17) is 15.7 Å². The maximum absolute atomic E-state index is 15.2. The number of likely N-dealkylation sites (tertiary alicyclic amines) is 1. The summed E-state index contributed by atoms with van der Waals surface area (Å²) in [6, 6.07) is 16.0. The van der Waals surface area contributed by atoms with E-state index in [9.17, 15) is 9.18 Å². The Kier molecular flexibility index (Phi) is 7.54. The minimum absolute atomic E-state index is 0.0650. The van der Waals surface area contributed by atoms with Gasteiger partial charge in [0.05, 0.1) is 12.2 Å². The van der Waals surface area contributed by atoms with E-state index in [0.717, 1.165) is 18.4 Å². The highest BCUT2D eigenvalue weighted by molar-refractivity contribution is 5.98. The lowest BCUT2D eigenvalue weighted by Crippen LogP contribution is -2.45.